The van der Waals surface area contributed by atoms with E-state index in [1.807, 2.05) is 30.3 Å². The monoisotopic (exact) mass is 419 g/mol. The molecule has 1 aromatic carbocycles. The maximum absolute atomic E-state index is 12.6. The van der Waals surface area contributed by atoms with E-state index in [-0.39, 0.29) is 24.7 Å². The van der Waals surface area contributed by atoms with Crippen molar-refractivity contribution in [2.45, 2.75) is 0 Å². The SMILES string of the molecule is O=[N+]([O-])c1c(N2CCN(S(=O)(=O)/C=C/c3ccccc3)CC2)nc2sccn12. The Morgan fingerprint density at radius 1 is 1.14 bits per heavy atom. The number of nitrogens with zero attached hydrogens (tertiary/aromatic N) is 5. The molecule has 11 heteroatoms. The average molecular weight is 419 g/mol. The maximum Gasteiger partial charge on any atom is 0.373 e. The highest BCUT2D eigenvalue weighted by Gasteiger charge is 2.32. The molecular formula is C17H17N5O4S2. The Morgan fingerprint density at radius 2 is 1.86 bits per heavy atom. The molecule has 1 saturated heterocycles. The fourth-order valence-electron chi connectivity index (χ4n) is 3.11. The van der Waals surface area contributed by atoms with Crippen LogP contribution < -0.4 is 4.90 Å². The van der Waals surface area contributed by atoms with Crippen molar-refractivity contribution in [2.75, 3.05) is 31.1 Å². The molecule has 3 aromatic rings. The molecule has 0 unspecified atom stereocenters. The van der Waals surface area contributed by atoms with Crippen LogP contribution in [0.2, 0.25) is 0 Å². The summed E-state index contributed by atoms with van der Waals surface area (Å²) in [5.41, 5.74) is 0.804. The van der Waals surface area contributed by atoms with E-state index in [9.17, 15) is 18.5 Å². The molecule has 0 amide bonds. The van der Waals surface area contributed by atoms with Gasteiger partial charge in [-0.2, -0.15) is 13.7 Å². The molecule has 3 heterocycles. The van der Waals surface area contributed by atoms with Gasteiger partial charge < -0.3 is 15.0 Å². The molecule has 0 N–H and O–H groups in total. The van der Waals surface area contributed by atoms with Gasteiger partial charge in [-0.15, -0.1) is 0 Å². The zero-order valence-electron chi connectivity index (χ0n) is 14.7. The number of rotatable bonds is 5. The molecule has 28 heavy (non-hydrogen) atoms. The lowest BCUT2D eigenvalue weighted by atomic mass is 10.2. The normalized spacial score (nSPS) is 16.2. The van der Waals surface area contributed by atoms with E-state index < -0.39 is 14.9 Å². The number of anilines is 1. The second-order valence-corrected chi connectivity index (χ2v) is 8.91. The molecule has 1 aliphatic rings. The van der Waals surface area contributed by atoms with Crippen LogP contribution >= 0.6 is 11.3 Å². The highest BCUT2D eigenvalue weighted by Crippen LogP contribution is 2.31. The Bertz CT molecular complexity index is 1130. The minimum absolute atomic E-state index is 0.0865. The summed E-state index contributed by atoms with van der Waals surface area (Å²) in [4.78, 5) is 17.7. The fraction of sp³-hybridized carbons (Fsp3) is 0.235. The quantitative estimate of drug-likeness (QED) is 0.465. The van der Waals surface area contributed by atoms with E-state index >= 15 is 0 Å². The van der Waals surface area contributed by atoms with Gasteiger partial charge in [-0.25, -0.2) is 8.42 Å². The fourth-order valence-corrected chi connectivity index (χ4v) is 4.99. The molecule has 0 radical (unpaired) electrons. The number of thiazole rings is 1. The van der Waals surface area contributed by atoms with Crippen molar-refractivity contribution in [3.8, 4) is 0 Å². The van der Waals surface area contributed by atoms with Gasteiger partial charge in [0, 0.05) is 37.0 Å². The number of hydrogen-bond donors (Lipinski definition) is 0. The molecule has 9 nitrogen and oxygen atoms in total. The van der Waals surface area contributed by atoms with E-state index in [1.54, 1.807) is 22.6 Å². The van der Waals surface area contributed by atoms with Gasteiger partial charge >= 0.3 is 5.82 Å². The van der Waals surface area contributed by atoms with Crippen LogP contribution in [-0.2, 0) is 10.0 Å². The summed E-state index contributed by atoms with van der Waals surface area (Å²) in [5, 5.41) is 14.4. The molecule has 146 valence electrons. The number of fused-ring (bicyclic) bond motifs is 1. The smallest absolute Gasteiger partial charge is 0.358 e. The number of imidazole rings is 1. The zero-order valence-corrected chi connectivity index (χ0v) is 16.3. The third-order valence-corrected chi connectivity index (χ3v) is 6.84. The van der Waals surface area contributed by atoms with Gasteiger partial charge in [-0.05, 0) is 16.6 Å². The van der Waals surface area contributed by atoms with Gasteiger partial charge in [0.15, 0.2) is 0 Å². The second-order valence-electron chi connectivity index (χ2n) is 6.22. The molecule has 2 aromatic heterocycles. The van der Waals surface area contributed by atoms with Gasteiger partial charge in [0.2, 0.25) is 15.8 Å². The summed E-state index contributed by atoms with van der Waals surface area (Å²) in [7, 11) is -3.56. The molecular weight excluding hydrogens is 402 g/mol. The van der Waals surface area contributed by atoms with Gasteiger partial charge in [0.05, 0.1) is 0 Å². The molecule has 1 aliphatic heterocycles. The Kier molecular flexibility index (Phi) is 4.87. The number of piperazine rings is 1. The van der Waals surface area contributed by atoms with E-state index in [0.29, 0.717) is 18.1 Å². The van der Waals surface area contributed by atoms with Crippen molar-refractivity contribution < 1.29 is 13.3 Å². The lowest BCUT2D eigenvalue weighted by Gasteiger charge is -2.33. The predicted octanol–water partition coefficient (Wildman–Crippen LogP) is 2.43. The summed E-state index contributed by atoms with van der Waals surface area (Å²) in [6.45, 7) is 1.15. The van der Waals surface area contributed by atoms with Gasteiger partial charge in [-0.3, -0.25) is 0 Å². The van der Waals surface area contributed by atoms with Crippen molar-refractivity contribution in [3.05, 3.63) is 63.0 Å². The van der Waals surface area contributed by atoms with Gasteiger partial charge in [0.1, 0.15) is 6.20 Å². The van der Waals surface area contributed by atoms with Crippen LogP contribution in [0.1, 0.15) is 5.56 Å². The first-order valence-electron chi connectivity index (χ1n) is 8.54. The van der Waals surface area contributed by atoms with Crippen LogP contribution in [0.3, 0.4) is 0 Å². The molecule has 1 fully saturated rings. The van der Waals surface area contributed by atoms with E-state index in [4.69, 9.17) is 0 Å². The molecule has 0 aliphatic carbocycles. The summed E-state index contributed by atoms with van der Waals surface area (Å²) in [5.74, 6) is 0.199. The van der Waals surface area contributed by atoms with Crippen molar-refractivity contribution in [2.24, 2.45) is 0 Å². The van der Waals surface area contributed by atoms with Crippen LogP contribution in [-0.4, -0.2) is 53.2 Å². The molecule has 0 bridgehead atoms. The highest BCUT2D eigenvalue weighted by molar-refractivity contribution is 7.92. The molecule has 0 spiro atoms. The number of benzene rings is 1. The predicted molar refractivity (Wildman–Crippen MR) is 108 cm³/mol. The number of aromatic nitrogens is 2. The summed E-state index contributed by atoms with van der Waals surface area (Å²) in [6.07, 6.45) is 3.18. The minimum atomic E-state index is -3.56. The van der Waals surface area contributed by atoms with Crippen molar-refractivity contribution in [3.63, 3.8) is 0 Å². The summed E-state index contributed by atoms with van der Waals surface area (Å²) >= 11 is 1.32. The Labute approximate surface area is 165 Å². The molecule has 4 rings (SSSR count). The second kappa shape index (κ2) is 7.34. The lowest BCUT2D eigenvalue weighted by molar-refractivity contribution is -0.389. The first-order valence-corrected chi connectivity index (χ1v) is 10.9. The Morgan fingerprint density at radius 3 is 2.54 bits per heavy atom. The number of sulfonamides is 1. The summed E-state index contributed by atoms with van der Waals surface area (Å²) in [6, 6.07) is 9.20. The first-order chi connectivity index (χ1) is 13.5. The third kappa shape index (κ3) is 3.51. The van der Waals surface area contributed by atoms with Crippen LogP contribution in [0.5, 0.6) is 0 Å². The van der Waals surface area contributed by atoms with Crippen LogP contribution in [0.4, 0.5) is 11.6 Å². The molecule has 0 atom stereocenters. The van der Waals surface area contributed by atoms with Crippen LogP contribution in [0, 0.1) is 10.1 Å². The maximum atomic E-state index is 12.6. The largest absolute Gasteiger partial charge is 0.373 e. The lowest BCUT2D eigenvalue weighted by Crippen LogP contribution is -2.48. The summed E-state index contributed by atoms with van der Waals surface area (Å²) < 4.78 is 28.0. The highest BCUT2D eigenvalue weighted by atomic mass is 32.2. The van der Waals surface area contributed by atoms with Gasteiger partial charge in [0.25, 0.3) is 4.96 Å². The van der Waals surface area contributed by atoms with E-state index in [0.717, 1.165) is 5.56 Å². The standard InChI is InChI=1S/C17H17N5O4S2/c23-22(24)16-15(18-17-21(16)11-12-27-17)19-7-9-20(10-8-19)28(25,26)13-6-14-4-2-1-3-5-14/h1-6,11-13H,7-10H2/b13-6+. The zero-order chi connectivity index (χ0) is 19.7. The minimum Gasteiger partial charge on any atom is -0.358 e. The van der Waals surface area contributed by atoms with Gasteiger partial charge in [-0.1, -0.05) is 41.7 Å². The third-order valence-electron chi connectivity index (χ3n) is 4.52. The number of hydrogen-bond acceptors (Lipinski definition) is 7. The topological polar surface area (TPSA) is 101 Å². The first kappa shape index (κ1) is 18.6. The average Bonchev–Trinajstić information content (AvgIpc) is 3.28. The van der Waals surface area contributed by atoms with Crippen molar-refractivity contribution in [1.82, 2.24) is 13.7 Å². The Balaban J connectivity index is 1.49. The van der Waals surface area contributed by atoms with Crippen molar-refractivity contribution in [1.29, 1.82) is 0 Å². The van der Waals surface area contributed by atoms with E-state index in [1.165, 1.54) is 25.5 Å². The number of nitro groups is 1. The molecule has 0 saturated carbocycles. The van der Waals surface area contributed by atoms with Crippen molar-refractivity contribution >= 4 is 44.0 Å². The Hall–Kier alpha value is -2.76. The van der Waals surface area contributed by atoms with Crippen LogP contribution in [0.15, 0.2) is 47.3 Å². The van der Waals surface area contributed by atoms with Crippen LogP contribution in [0.25, 0.3) is 11.0 Å². The van der Waals surface area contributed by atoms with E-state index in [2.05, 4.69) is 4.98 Å².